The third kappa shape index (κ3) is 3.98. The van der Waals surface area contributed by atoms with Crippen LogP contribution in [0.25, 0.3) is 5.82 Å². The largest absolute Gasteiger partial charge is 0.416 e. The van der Waals surface area contributed by atoms with Gasteiger partial charge in [-0.15, -0.1) is 10.2 Å². The number of benzene rings is 1. The molecule has 1 aromatic carbocycles. The summed E-state index contributed by atoms with van der Waals surface area (Å²) in [5.74, 6) is 1.07. The minimum absolute atomic E-state index is 0.226. The maximum atomic E-state index is 12.9. The molecular weight excluding hydrogens is 397 g/mol. The number of alkyl halides is 3. The highest BCUT2D eigenvalue weighted by molar-refractivity contribution is 5.92. The van der Waals surface area contributed by atoms with Crippen molar-refractivity contribution in [2.45, 2.75) is 13.1 Å². The molecule has 0 radical (unpaired) electrons. The Morgan fingerprint density at radius 1 is 1.03 bits per heavy atom. The number of anilines is 1. The summed E-state index contributed by atoms with van der Waals surface area (Å²) in [6, 6.07) is 8.55. The van der Waals surface area contributed by atoms with Gasteiger partial charge in [0.1, 0.15) is 5.82 Å². The molecule has 3 aromatic rings. The van der Waals surface area contributed by atoms with Crippen LogP contribution in [0.3, 0.4) is 0 Å². The molecule has 1 saturated heterocycles. The maximum Gasteiger partial charge on any atom is 0.416 e. The number of aryl methyl sites for hydroxylation is 1. The smallest absolute Gasteiger partial charge is 0.368 e. The van der Waals surface area contributed by atoms with Gasteiger partial charge in [-0.05, 0) is 37.3 Å². The van der Waals surface area contributed by atoms with E-state index in [4.69, 9.17) is 0 Å². The second-order valence-electron chi connectivity index (χ2n) is 6.95. The van der Waals surface area contributed by atoms with E-state index in [9.17, 15) is 18.0 Å². The molecular formula is C20H19F3N6O. The lowest BCUT2D eigenvalue weighted by atomic mass is 10.1. The summed E-state index contributed by atoms with van der Waals surface area (Å²) in [6.45, 7) is 3.49. The molecule has 0 N–H and O–H groups in total. The monoisotopic (exact) mass is 416 g/mol. The minimum atomic E-state index is -4.38. The Balaban J connectivity index is 1.41. The van der Waals surface area contributed by atoms with Crippen LogP contribution in [0.1, 0.15) is 21.9 Å². The Hall–Kier alpha value is -3.43. The fourth-order valence-corrected chi connectivity index (χ4v) is 3.40. The lowest BCUT2D eigenvalue weighted by molar-refractivity contribution is -0.137. The molecule has 1 fully saturated rings. The van der Waals surface area contributed by atoms with Gasteiger partial charge in [-0.25, -0.2) is 4.98 Å². The number of piperazine rings is 1. The topological polar surface area (TPSA) is 67.2 Å². The van der Waals surface area contributed by atoms with Crippen LogP contribution in [0.4, 0.5) is 18.9 Å². The highest BCUT2D eigenvalue weighted by atomic mass is 19.4. The van der Waals surface area contributed by atoms with E-state index in [1.165, 1.54) is 6.07 Å². The molecule has 1 amide bonds. The molecule has 156 valence electrons. The van der Waals surface area contributed by atoms with E-state index in [0.29, 0.717) is 37.7 Å². The highest BCUT2D eigenvalue weighted by Gasteiger charge is 2.31. The second-order valence-corrected chi connectivity index (χ2v) is 6.95. The van der Waals surface area contributed by atoms with Crippen molar-refractivity contribution < 1.29 is 18.0 Å². The van der Waals surface area contributed by atoms with Crippen LogP contribution in [-0.2, 0) is 6.18 Å². The molecule has 1 aliphatic heterocycles. The standard InChI is InChI=1S/C20H19F3N6O/c1-14-24-7-8-29(14)18-6-5-17(25-26-18)19(30)28-11-9-27(10-12-28)16-4-2-3-15(13-16)20(21,22)23/h2-8,13H,9-12H2,1H3. The summed E-state index contributed by atoms with van der Waals surface area (Å²) < 4.78 is 40.6. The predicted molar refractivity (Wildman–Crippen MR) is 103 cm³/mol. The second kappa shape index (κ2) is 7.77. The summed E-state index contributed by atoms with van der Waals surface area (Å²) in [6.07, 6.45) is -0.971. The quantitative estimate of drug-likeness (QED) is 0.657. The molecule has 10 heteroatoms. The van der Waals surface area contributed by atoms with Gasteiger partial charge in [0.2, 0.25) is 0 Å². The van der Waals surface area contributed by atoms with Gasteiger partial charge < -0.3 is 9.80 Å². The fourth-order valence-electron chi connectivity index (χ4n) is 3.40. The van der Waals surface area contributed by atoms with E-state index >= 15 is 0 Å². The van der Waals surface area contributed by atoms with E-state index in [2.05, 4.69) is 15.2 Å². The van der Waals surface area contributed by atoms with E-state index in [1.807, 2.05) is 11.8 Å². The van der Waals surface area contributed by atoms with Gasteiger partial charge in [-0.3, -0.25) is 9.36 Å². The zero-order valence-electron chi connectivity index (χ0n) is 16.2. The third-order valence-corrected chi connectivity index (χ3v) is 5.05. The molecule has 0 unspecified atom stereocenters. The van der Waals surface area contributed by atoms with Gasteiger partial charge >= 0.3 is 6.18 Å². The number of aromatic nitrogens is 4. The van der Waals surface area contributed by atoms with Crippen molar-refractivity contribution in [3.63, 3.8) is 0 Å². The number of hydrogen-bond donors (Lipinski definition) is 0. The number of imidazole rings is 1. The van der Waals surface area contributed by atoms with Crippen molar-refractivity contribution in [1.82, 2.24) is 24.6 Å². The van der Waals surface area contributed by atoms with Crippen LogP contribution in [0.15, 0.2) is 48.8 Å². The number of amides is 1. The molecule has 4 rings (SSSR count). The zero-order valence-corrected chi connectivity index (χ0v) is 16.2. The van der Waals surface area contributed by atoms with Crippen molar-refractivity contribution >= 4 is 11.6 Å². The third-order valence-electron chi connectivity index (χ3n) is 5.05. The molecule has 0 spiro atoms. The zero-order chi connectivity index (χ0) is 21.3. The minimum Gasteiger partial charge on any atom is -0.368 e. The van der Waals surface area contributed by atoms with Gasteiger partial charge in [0.05, 0.1) is 5.56 Å². The summed E-state index contributed by atoms with van der Waals surface area (Å²) in [5.41, 5.74) is 0.0443. The van der Waals surface area contributed by atoms with Gasteiger partial charge in [-0.1, -0.05) is 6.07 Å². The summed E-state index contributed by atoms with van der Waals surface area (Å²) >= 11 is 0. The molecule has 2 aromatic heterocycles. The average molecular weight is 416 g/mol. The number of nitrogens with zero attached hydrogens (tertiary/aromatic N) is 6. The lowest BCUT2D eigenvalue weighted by Crippen LogP contribution is -2.49. The fraction of sp³-hybridized carbons (Fsp3) is 0.300. The Kier molecular flexibility index (Phi) is 5.15. The first-order valence-corrected chi connectivity index (χ1v) is 9.38. The molecule has 0 bridgehead atoms. The van der Waals surface area contributed by atoms with Crippen LogP contribution in [0.2, 0.25) is 0 Å². The summed E-state index contributed by atoms with van der Waals surface area (Å²) in [7, 11) is 0. The van der Waals surface area contributed by atoms with Gasteiger partial charge in [0.15, 0.2) is 11.5 Å². The van der Waals surface area contributed by atoms with E-state index in [0.717, 1.165) is 18.0 Å². The van der Waals surface area contributed by atoms with Crippen molar-refractivity contribution in [2.75, 3.05) is 31.1 Å². The molecule has 7 nitrogen and oxygen atoms in total. The highest BCUT2D eigenvalue weighted by Crippen LogP contribution is 2.31. The Labute approximate surface area is 170 Å². The van der Waals surface area contributed by atoms with Crippen LogP contribution in [0, 0.1) is 6.92 Å². The van der Waals surface area contributed by atoms with Crippen LogP contribution in [-0.4, -0.2) is 56.7 Å². The van der Waals surface area contributed by atoms with E-state index in [1.54, 1.807) is 40.1 Å². The number of halogens is 3. The van der Waals surface area contributed by atoms with Crippen molar-refractivity contribution in [3.05, 3.63) is 65.9 Å². The predicted octanol–water partition coefficient (Wildman–Crippen LogP) is 2.95. The van der Waals surface area contributed by atoms with Crippen LogP contribution < -0.4 is 4.90 Å². The molecule has 30 heavy (non-hydrogen) atoms. The first-order valence-electron chi connectivity index (χ1n) is 9.38. The molecule has 0 aliphatic carbocycles. The molecule has 0 saturated carbocycles. The Bertz CT molecular complexity index is 1040. The average Bonchev–Trinajstić information content (AvgIpc) is 3.19. The van der Waals surface area contributed by atoms with Crippen molar-refractivity contribution in [3.8, 4) is 5.82 Å². The van der Waals surface area contributed by atoms with E-state index < -0.39 is 11.7 Å². The van der Waals surface area contributed by atoms with Crippen LogP contribution in [0.5, 0.6) is 0 Å². The Morgan fingerprint density at radius 3 is 2.40 bits per heavy atom. The first kappa shape index (κ1) is 19.9. The van der Waals surface area contributed by atoms with Gasteiger partial charge in [0, 0.05) is 44.3 Å². The Morgan fingerprint density at radius 2 is 1.80 bits per heavy atom. The van der Waals surface area contributed by atoms with Crippen molar-refractivity contribution in [2.24, 2.45) is 0 Å². The number of carbonyl (C=O) groups is 1. The van der Waals surface area contributed by atoms with Gasteiger partial charge in [-0.2, -0.15) is 13.2 Å². The van der Waals surface area contributed by atoms with Crippen LogP contribution >= 0.6 is 0 Å². The molecule has 1 aliphatic rings. The van der Waals surface area contributed by atoms with E-state index in [-0.39, 0.29) is 11.6 Å². The summed E-state index contributed by atoms with van der Waals surface area (Å²) in [4.78, 5) is 20.3. The van der Waals surface area contributed by atoms with Gasteiger partial charge in [0.25, 0.3) is 5.91 Å². The van der Waals surface area contributed by atoms with Crippen molar-refractivity contribution in [1.29, 1.82) is 0 Å². The number of hydrogen-bond acceptors (Lipinski definition) is 5. The maximum absolute atomic E-state index is 12.9. The summed E-state index contributed by atoms with van der Waals surface area (Å²) in [5, 5.41) is 8.14. The normalized spacial score (nSPS) is 14.8. The lowest BCUT2D eigenvalue weighted by Gasteiger charge is -2.36. The number of carbonyl (C=O) groups excluding carboxylic acids is 1. The SMILES string of the molecule is Cc1nccn1-c1ccc(C(=O)N2CCN(c3cccc(C(F)(F)F)c3)CC2)nn1. The first-order chi connectivity index (χ1) is 14.3. The molecule has 0 atom stereocenters. The number of rotatable bonds is 3. The molecule has 3 heterocycles.